The van der Waals surface area contributed by atoms with Gasteiger partial charge in [-0.05, 0) is 73.2 Å². The van der Waals surface area contributed by atoms with E-state index in [4.69, 9.17) is 11.6 Å². The number of hydrogen-bond acceptors (Lipinski definition) is 5. The Hall–Kier alpha value is -2.70. The zero-order chi connectivity index (χ0) is 23.7. The third-order valence-electron chi connectivity index (χ3n) is 4.61. The molecule has 0 atom stereocenters. The molecule has 0 saturated heterocycles. The summed E-state index contributed by atoms with van der Waals surface area (Å²) in [6, 6.07) is 11.0. The van der Waals surface area contributed by atoms with Crippen molar-refractivity contribution in [1.29, 1.82) is 0 Å². The Kier molecular flexibility index (Phi) is 9.88. The van der Waals surface area contributed by atoms with Gasteiger partial charge in [-0.1, -0.05) is 55.8 Å². The van der Waals surface area contributed by atoms with E-state index in [9.17, 15) is 9.90 Å². The molecule has 0 fully saturated rings. The number of rotatable bonds is 9. The van der Waals surface area contributed by atoms with Gasteiger partial charge in [-0.25, -0.2) is 5.01 Å². The minimum absolute atomic E-state index is 0.153. The molecule has 0 aromatic heterocycles. The maximum atomic E-state index is 12.4. The number of nitrogens with zero attached hydrogens (tertiary/aromatic N) is 2. The lowest BCUT2D eigenvalue weighted by Crippen LogP contribution is -2.25. The predicted octanol–water partition coefficient (Wildman–Crippen LogP) is 6.97. The van der Waals surface area contributed by atoms with Crippen molar-refractivity contribution < 1.29 is 9.90 Å². The lowest BCUT2D eigenvalue weighted by Gasteiger charge is -2.20. The fourth-order valence-electron chi connectivity index (χ4n) is 2.67. The van der Waals surface area contributed by atoms with Gasteiger partial charge in [0.25, 0.3) is 0 Å². The van der Waals surface area contributed by atoms with Crippen molar-refractivity contribution in [3.8, 4) is 5.75 Å². The van der Waals surface area contributed by atoms with Crippen LogP contribution in [0.25, 0.3) is 0 Å². The van der Waals surface area contributed by atoms with Crippen molar-refractivity contribution >= 4 is 40.9 Å². The third-order valence-corrected chi connectivity index (χ3v) is 5.66. The van der Waals surface area contributed by atoms with Crippen LogP contribution in [-0.4, -0.2) is 21.7 Å². The monoisotopic (exact) mass is 471 g/mol. The Morgan fingerprint density at radius 1 is 1.25 bits per heavy atom. The topological polar surface area (TPSA) is 64.9 Å². The van der Waals surface area contributed by atoms with Crippen molar-refractivity contribution in [2.24, 2.45) is 11.0 Å². The molecule has 0 heterocycles. The summed E-state index contributed by atoms with van der Waals surface area (Å²) in [6.07, 6.45) is 7.70. The molecule has 5 nitrogen and oxygen atoms in total. The van der Waals surface area contributed by atoms with Crippen molar-refractivity contribution in [3.05, 3.63) is 76.9 Å². The van der Waals surface area contributed by atoms with Crippen LogP contribution in [0.1, 0.15) is 38.8 Å². The first-order valence-corrected chi connectivity index (χ1v) is 11.6. The Morgan fingerprint density at radius 3 is 2.62 bits per heavy atom. The molecule has 0 unspecified atom stereocenters. The summed E-state index contributed by atoms with van der Waals surface area (Å²) in [4.78, 5) is 13.2. The first-order chi connectivity index (χ1) is 15.2. The molecule has 2 aromatic carbocycles. The molecule has 170 valence electrons. The number of amides is 1. The predicted molar refractivity (Wildman–Crippen MR) is 136 cm³/mol. The number of carbonyl (C=O) groups excluding carboxylic acids is 1. The van der Waals surface area contributed by atoms with Crippen LogP contribution in [0.4, 0.5) is 5.69 Å². The van der Waals surface area contributed by atoms with E-state index < -0.39 is 0 Å². The number of benzene rings is 2. The Labute approximate surface area is 200 Å². The van der Waals surface area contributed by atoms with E-state index >= 15 is 0 Å². The van der Waals surface area contributed by atoms with Crippen LogP contribution in [0.15, 0.2) is 70.7 Å². The number of hydrogen-bond donors (Lipinski definition) is 2. The minimum Gasteiger partial charge on any atom is -0.508 e. The van der Waals surface area contributed by atoms with Gasteiger partial charge in [0.1, 0.15) is 5.75 Å². The largest absolute Gasteiger partial charge is 0.508 e. The molecule has 2 rings (SSSR count). The average Bonchev–Trinajstić information content (AvgIpc) is 2.74. The molecule has 0 aliphatic carbocycles. The number of carbonyl (C=O) groups is 1. The highest BCUT2D eigenvalue weighted by molar-refractivity contribution is 8.00. The second-order valence-corrected chi connectivity index (χ2v) is 8.91. The van der Waals surface area contributed by atoms with Gasteiger partial charge in [-0.3, -0.25) is 4.79 Å². The number of aromatic hydroxyl groups is 1. The lowest BCUT2D eigenvalue weighted by molar-refractivity contribution is -0.129. The minimum atomic E-state index is -0.153. The third kappa shape index (κ3) is 7.77. The summed E-state index contributed by atoms with van der Waals surface area (Å²) >= 11 is 7.59. The van der Waals surface area contributed by atoms with Gasteiger partial charge in [0.15, 0.2) is 0 Å². The van der Waals surface area contributed by atoms with Crippen molar-refractivity contribution in [2.45, 2.75) is 46.1 Å². The molecular formula is C25H30ClN3O2S. The first kappa shape index (κ1) is 25.6. The molecule has 0 aliphatic heterocycles. The number of phenols is 1. The maximum absolute atomic E-state index is 12.4. The molecule has 1 amide bonds. The molecule has 2 N–H and O–H groups in total. The van der Waals surface area contributed by atoms with Crippen LogP contribution >= 0.6 is 23.5 Å². The molecule has 2 aromatic rings. The standard InChI is InChI=1S/C25H30ClN3O2S/c1-6-7-8-9-23(17(2)3)27-29(19(5)30)16-20-11-12-21(26)14-24(20)28-32-22-13-10-18(4)25(31)15-22/h6-15,17,28,31H,16H2,1-5H3/b7-6-,9-8-,27-23-. The van der Waals surface area contributed by atoms with Gasteiger partial charge >= 0.3 is 0 Å². The van der Waals surface area contributed by atoms with E-state index in [1.807, 2.05) is 76.3 Å². The van der Waals surface area contributed by atoms with E-state index in [1.165, 1.54) is 23.9 Å². The fraction of sp³-hybridized carbons (Fsp3) is 0.280. The SMILES string of the molecule is C\C=C/C=C\C(=N\N(Cc1ccc(Cl)cc1NSc1ccc(C)c(O)c1)C(C)=O)C(C)C. The van der Waals surface area contributed by atoms with E-state index in [2.05, 4.69) is 9.82 Å². The van der Waals surface area contributed by atoms with Crippen LogP contribution in [0.3, 0.4) is 0 Å². The second-order valence-electron chi connectivity index (χ2n) is 7.60. The summed E-state index contributed by atoms with van der Waals surface area (Å²) in [5.41, 5.74) is 3.28. The number of aryl methyl sites for hydroxylation is 1. The van der Waals surface area contributed by atoms with Gasteiger partial charge in [0.05, 0.1) is 17.9 Å². The smallest absolute Gasteiger partial charge is 0.239 e. The van der Waals surface area contributed by atoms with Gasteiger partial charge in [0, 0.05) is 16.8 Å². The van der Waals surface area contributed by atoms with Crippen molar-refractivity contribution in [3.63, 3.8) is 0 Å². The summed E-state index contributed by atoms with van der Waals surface area (Å²) in [5, 5.41) is 16.6. The average molecular weight is 472 g/mol. The number of allylic oxidation sites excluding steroid dienone is 4. The molecule has 0 spiro atoms. The van der Waals surface area contributed by atoms with Gasteiger partial charge < -0.3 is 9.83 Å². The molecule has 7 heteroatoms. The van der Waals surface area contributed by atoms with Crippen molar-refractivity contribution in [1.82, 2.24) is 5.01 Å². The van der Waals surface area contributed by atoms with E-state index in [1.54, 1.807) is 12.1 Å². The Bertz CT molecular complexity index is 1030. The maximum Gasteiger partial charge on any atom is 0.239 e. The van der Waals surface area contributed by atoms with Crippen LogP contribution in [0.5, 0.6) is 5.75 Å². The van der Waals surface area contributed by atoms with E-state index in [0.29, 0.717) is 11.6 Å². The molecule has 0 bridgehead atoms. The lowest BCUT2D eigenvalue weighted by atomic mass is 10.1. The summed E-state index contributed by atoms with van der Waals surface area (Å²) in [5.74, 6) is 0.248. The van der Waals surface area contributed by atoms with Crippen molar-refractivity contribution in [2.75, 3.05) is 4.72 Å². The fourth-order valence-corrected chi connectivity index (χ4v) is 3.57. The number of phenolic OH excluding ortho intramolecular Hbond substituents is 1. The van der Waals surface area contributed by atoms with E-state index in [0.717, 1.165) is 27.4 Å². The number of nitrogens with one attached hydrogen (secondary N) is 1. The van der Waals surface area contributed by atoms with Crippen LogP contribution < -0.4 is 4.72 Å². The summed E-state index contributed by atoms with van der Waals surface area (Å²) in [7, 11) is 0. The molecular weight excluding hydrogens is 442 g/mol. The van der Waals surface area contributed by atoms with Gasteiger partial charge in [-0.15, -0.1) is 0 Å². The Balaban J connectivity index is 2.29. The number of halogens is 1. The molecule has 32 heavy (non-hydrogen) atoms. The Morgan fingerprint density at radius 2 is 2.00 bits per heavy atom. The van der Waals surface area contributed by atoms with Crippen LogP contribution in [0.2, 0.25) is 5.02 Å². The highest BCUT2D eigenvalue weighted by Gasteiger charge is 2.14. The van der Waals surface area contributed by atoms with Crippen LogP contribution in [0, 0.1) is 12.8 Å². The normalized spacial score (nSPS) is 12.2. The first-order valence-electron chi connectivity index (χ1n) is 10.4. The zero-order valence-electron chi connectivity index (χ0n) is 19.1. The summed E-state index contributed by atoms with van der Waals surface area (Å²) in [6.45, 7) is 9.68. The quantitative estimate of drug-likeness (QED) is 0.179. The number of hydrazone groups is 1. The molecule has 0 aliphatic rings. The van der Waals surface area contributed by atoms with Gasteiger partial charge in [0.2, 0.25) is 5.91 Å². The highest BCUT2D eigenvalue weighted by Crippen LogP contribution is 2.30. The molecule has 0 saturated carbocycles. The van der Waals surface area contributed by atoms with Crippen LogP contribution in [-0.2, 0) is 11.3 Å². The highest BCUT2D eigenvalue weighted by atomic mass is 35.5. The summed E-state index contributed by atoms with van der Waals surface area (Å²) < 4.78 is 3.29. The second kappa shape index (κ2) is 12.4. The van der Waals surface area contributed by atoms with E-state index in [-0.39, 0.29) is 17.6 Å². The van der Waals surface area contributed by atoms with Gasteiger partial charge in [-0.2, -0.15) is 5.10 Å². The zero-order valence-corrected chi connectivity index (χ0v) is 20.7. The molecule has 0 radical (unpaired) electrons. The number of anilines is 1.